The highest BCUT2D eigenvalue weighted by molar-refractivity contribution is 7.13. The zero-order chi connectivity index (χ0) is 20.7. The van der Waals surface area contributed by atoms with Crippen LogP contribution in [0.25, 0.3) is 21.6 Å². The van der Waals surface area contributed by atoms with Crippen molar-refractivity contribution in [3.8, 4) is 10.6 Å². The van der Waals surface area contributed by atoms with E-state index in [1.54, 1.807) is 16.0 Å². The Morgan fingerprint density at radius 2 is 2.03 bits per heavy atom. The van der Waals surface area contributed by atoms with E-state index in [9.17, 15) is 4.79 Å². The number of para-hydroxylation sites is 1. The topological polar surface area (TPSA) is 63.1 Å². The molecule has 4 aromatic rings. The number of aryl methyl sites for hydroxylation is 2. The first-order valence-electron chi connectivity index (χ1n) is 10.1. The van der Waals surface area contributed by atoms with Crippen LogP contribution in [-0.4, -0.2) is 44.7 Å². The van der Waals surface area contributed by atoms with Crippen LogP contribution >= 0.6 is 11.3 Å². The molecule has 30 heavy (non-hydrogen) atoms. The number of hydrogen-bond acceptors (Lipinski definition) is 5. The summed E-state index contributed by atoms with van der Waals surface area (Å²) in [7, 11) is 1.88. The lowest BCUT2D eigenvalue weighted by Crippen LogP contribution is -2.31. The molecule has 1 fully saturated rings. The zero-order valence-electron chi connectivity index (χ0n) is 17.0. The fourth-order valence-electron chi connectivity index (χ4n) is 4.17. The lowest BCUT2D eigenvalue weighted by atomic mass is 10.1. The van der Waals surface area contributed by atoms with Crippen molar-refractivity contribution in [1.29, 1.82) is 0 Å². The Hall–Kier alpha value is -3.19. The summed E-state index contributed by atoms with van der Waals surface area (Å²) in [6.45, 7) is 3.36. The third kappa shape index (κ3) is 3.35. The van der Waals surface area contributed by atoms with Gasteiger partial charge in [-0.05, 0) is 43.0 Å². The molecule has 0 bridgehead atoms. The van der Waals surface area contributed by atoms with Gasteiger partial charge in [0.15, 0.2) is 5.65 Å². The minimum atomic E-state index is 0.0497. The molecule has 0 aliphatic carbocycles. The van der Waals surface area contributed by atoms with Crippen molar-refractivity contribution in [2.24, 2.45) is 7.05 Å². The Morgan fingerprint density at radius 3 is 2.80 bits per heavy atom. The van der Waals surface area contributed by atoms with E-state index in [0.29, 0.717) is 12.1 Å². The van der Waals surface area contributed by atoms with Gasteiger partial charge >= 0.3 is 0 Å². The second kappa shape index (κ2) is 7.57. The van der Waals surface area contributed by atoms with E-state index in [1.807, 2.05) is 60.6 Å². The highest BCUT2D eigenvalue weighted by atomic mass is 32.1. The molecule has 1 unspecified atom stereocenters. The average molecular weight is 418 g/mol. The van der Waals surface area contributed by atoms with Crippen molar-refractivity contribution >= 4 is 34.0 Å². The monoisotopic (exact) mass is 417 g/mol. The molecular weight excluding hydrogens is 394 g/mol. The molecule has 6 nitrogen and oxygen atoms in total. The standard InChI is InChI=1S/C23H23N5OS/c1-15-21-18(13-19(20-9-6-12-30-20)25-22(21)27(2)26-15)23(29)28-11-10-17(14-28)24-16-7-4-3-5-8-16/h3-9,12-13,17,24H,10-11,14H2,1-2H3. The molecule has 4 heterocycles. The van der Waals surface area contributed by atoms with Gasteiger partial charge in [0, 0.05) is 31.9 Å². The molecule has 0 spiro atoms. The molecule has 0 radical (unpaired) electrons. The van der Waals surface area contributed by atoms with Gasteiger partial charge in [-0.25, -0.2) is 4.98 Å². The van der Waals surface area contributed by atoms with Gasteiger partial charge in [-0.15, -0.1) is 11.3 Å². The molecule has 0 saturated carbocycles. The van der Waals surface area contributed by atoms with Crippen LogP contribution in [0.5, 0.6) is 0 Å². The first-order valence-corrected chi connectivity index (χ1v) is 11.0. The van der Waals surface area contributed by atoms with Gasteiger partial charge in [0.25, 0.3) is 5.91 Å². The van der Waals surface area contributed by atoms with Crippen molar-refractivity contribution in [3.05, 3.63) is 65.2 Å². The molecule has 1 amide bonds. The van der Waals surface area contributed by atoms with Crippen molar-refractivity contribution in [2.45, 2.75) is 19.4 Å². The first kappa shape index (κ1) is 18.8. The van der Waals surface area contributed by atoms with Crippen molar-refractivity contribution in [1.82, 2.24) is 19.7 Å². The van der Waals surface area contributed by atoms with Crippen LogP contribution in [0.1, 0.15) is 22.5 Å². The lowest BCUT2D eigenvalue weighted by Gasteiger charge is -2.19. The van der Waals surface area contributed by atoms with Gasteiger partial charge in [-0.3, -0.25) is 9.48 Å². The summed E-state index contributed by atoms with van der Waals surface area (Å²) in [5.41, 5.74) is 4.18. The number of hydrogen-bond donors (Lipinski definition) is 1. The lowest BCUT2D eigenvalue weighted by molar-refractivity contribution is 0.0793. The summed E-state index contributed by atoms with van der Waals surface area (Å²) < 4.78 is 1.77. The number of nitrogens with zero attached hydrogens (tertiary/aromatic N) is 4. The first-order chi connectivity index (χ1) is 14.6. The van der Waals surface area contributed by atoms with Crippen LogP contribution in [0, 0.1) is 6.92 Å². The molecule has 1 saturated heterocycles. The number of carbonyl (C=O) groups is 1. The molecule has 1 aliphatic rings. The Morgan fingerprint density at radius 1 is 1.20 bits per heavy atom. The maximum Gasteiger partial charge on any atom is 0.254 e. The van der Waals surface area contributed by atoms with Gasteiger partial charge in [-0.2, -0.15) is 5.10 Å². The van der Waals surface area contributed by atoms with Gasteiger partial charge in [0.2, 0.25) is 0 Å². The molecule has 1 aromatic carbocycles. The predicted molar refractivity (Wildman–Crippen MR) is 121 cm³/mol. The van der Waals surface area contributed by atoms with Crippen LogP contribution in [0.2, 0.25) is 0 Å². The van der Waals surface area contributed by atoms with E-state index in [4.69, 9.17) is 4.98 Å². The number of anilines is 1. The molecule has 3 aromatic heterocycles. The Balaban J connectivity index is 1.47. The maximum atomic E-state index is 13.6. The number of nitrogens with one attached hydrogen (secondary N) is 1. The van der Waals surface area contributed by atoms with Crippen LogP contribution in [0.3, 0.4) is 0 Å². The number of rotatable bonds is 4. The number of aromatic nitrogens is 3. The van der Waals surface area contributed by atoms with Gasteiger partial charge < -0.3 is 10.2 Å². The highest BCUT2D eigenvalue weighted by Crippen LogP contribution is 2.30. The van der Waals surface area contributed by atoms with Gasteiger partial charge in [-0.1, -0.05) is 24.3 Å². The Labute approximate surface area is 179 Å². The predicted octanol–water partition coefficient (Wildman–Crippen LogP) is 4.33. The number of benzene rings is 1. The number of likely N-dealkylation sites (tertiary alicyclic amines) is 1. The number of fused-ring (bicyclic) bond motifs is 1. The number of pyridine rings is 1. The largest absolute Gasteiger partial charge is 0.380 e. The molecule has 7 heteroatoms. The molecule has 1 aliphatic heterocycles. The van der Waals surface area contributed by atoms with E-state index in [0.717, 1.165) is 46.0 Å². The molecule has 1 atom stereocenters. The summed E-state index contributed by atoms with van der Waals surface area (Å²) in [4.78, 5) is 21.4. The van der Waals surface area contributed by atoms with E-state index in [2.05, 4.69) is 22.5 Å². The van der Waals surface area contributed by atoms with Gasteiger partial charge in [0.05, 0.1) is 27.2 Å². The van der Waals surface area contributed by atoms with Gasteiger partial charge in [0.1, 0.15) is 0 Å². The van der Waals surface area contributed by atoms with E-state index in [1.165, 1.54) is 0 Å². The summed E-state index contributed by atoms with van der Waals surface area (Å²) in [5, 5.41) is 10.9. The molecule has 1 N–H and O–H groups in total. The van der Waals surface area contributed by atoms with E-state index in [-0.39, 0.29) is 11.9 Å². The normalized spacial score (nSPS) is 16.3. The third-order valence-electron chi connectivity index (χ3n) is 5.59. The van der Waals surface area contributed by atoms with Crippen LogP contribution < -0.4 is 5.32 Å². The molecular formula is C23H23N5OS. The van der Waals surface area contributed by atoms with Crippen LogP contribution in [-0.2, 0) is 7.05 Å². The molecule has 152 valence electrons. The highest BCUT2D eigenvalue weighted by Gasteiger charge is 2.29. The Bertz CT molecular complexity index is 1200. The quantitative estimate of drug-likeness (QED) is 0.537. The van der Waals surface area contributed by atoms with Crippen molar-refractivity contribution in [2.75, 3.05) is 18.4 Å². The summed E-state index contributed by atoms with van der Waals surface area (Å²) in [6.07, 6.45) is 0.929. The fraction of sp³-hybridized carbons (Fsp3) is 0.261. The number of carbonyl (C=O) groups excluding carboxylic acids is 1. The van der Waals surface area contributed by atoms with Crippen LogP contribution in [0.15, 0.2) is 53.9 Å². The second-order valence-electron chi connectivity index (χ2n) is 7.69. The number of amides is 1. The van der Waals surface area contributed by atoms with Crippen LogP contribution in [0.4, 0.5) is 5.69 Å². The minimum absolute atomic E-state index is 0.0497. The summed E-state index contributed by atoms with van der Waals surface area (Å²) in [6, 6.07) is 16.4. The smallest absolute Gasteiger partial charge is 0.254 e. The fourth-order valence-corrected chi connectivity index (χ4v) is 4.85. The second-order valence-corrected chi connectivity index (χ2v) is 8.63. The van der Waals surface area contributed by atoms with E-state index >= 15 is 0 Å². The average Bonchev–Trinajstić information content (AvgIpc) is 3.50. The zero-order valence-corrected chi connectivity index (χ0v) is 17.8. The summed E-state index contributed by atoms with van der Waals surface area (Å²) >= 11 is 1.62. The summed E-state index contributed by atoms with van der Waals surface area (Å²) in [5.74, 6) is 0.0497. The Kier molecular flexibility index (Phi) is 4.75. The maximum absolute atomic E-state index is 13.6. The SMILES string of the molecule is Cc1nn(C)c2nc(-c3cccs3)cc(C(=O)N3CCC(Nc4ccccc4)C3)c12. The van der Waals surface area contributed by atoms with Crippen molar-refractivity contribution < 1.29 is 4.79 Å². The number of thiophene rings is 1. The van der Waals surface area contributed by atoms with Crippen molar-refractivity contribution in [3.63, 3.8) is 0 Å². The minimum Gasteiger partial charge on any atom is -0.380 e. The third-order valence-corrected chi connectivity index (χ3v) is 6.49. The molecule has 5 rings (SSSR count). The van der Waals surface area contributed by atoms with E-state index < -0.39 is 0 Å².